The number of nitrogens with two attached hydrogens (primary N) is 1. The third-order valence-corrected chi connectivity index (χ3v) is 2.80. The smallest absolute Gasteiger partial charge is 0.213 e. The molecular formula is C15H18N2O. The van der Waals surface area contributed by atoms with Crippen LogP contribution in [0.3, 0.4) is 0 Å². The summed E-state index contributed by atoms with van der Waals surface area (Å²) in [6.45, 7) is 2.55. The van der Waals surface area contributed by atoms with E-state index in [1.54, 1.807) is 0 Å². The number of hydrogen-bond acceptors (Lipinski definition) is 3. The lowest BCUT2D eigenvalue weighted by Crippen LogP contribution is -2.02. The maximum atomic E-state index is 5.70. The van der Waals surface area contributed by atoms with E-state index in [1.165, 1.54) is 5.56 Å². The first kappa shape index (κ1) is 12.4. The van der Waals surface area contributed by atoms with Gasteiger partial charge in [-0.25, -0.2) is 4.98 Å². The third-order valence-electron chi connectivity index (χ3n) is 2.80. The molecule has 1 aromatic carbocycles. The molecule has 0 saturated heterocycles. The van der Waals surface area contributed by atoms with Crippen molar-refractivity contribution < 1.29 is 4.74 Å². The van der Waals surface area contributed by atoms with Crippen molar-refractivity contribution in [2.75, 3.05) is 12.3 Å². The van der Waals surface area contributed by atoms with Gasteiger partial charge in [0.1, 0.15) is 0 Å². The Kier molecular flexibility index (Phi) is 4.18. The lowest BCUT2D eigenvalue weighted by Gasteiger charge is -2.07. The number of nitrogens with zero attached hydrogens (tertiary/aromatic N) is 1. The summed E-state index contributed by atoms with van der Waals surface area (Å²) in [5.74, 6) is 0.648. The summed E-state index contributed by atoms with van der Waals surface area (Å²) < 4.78 is 5.60. The molecule has 94 valence electrons. The molecule has 3 heteroatoms. The van der Waals surface area contributed by atoms with Gasteiger partial charge in [0.25, 0.3) is 0 Å². The maximum Gasteiger partial charge on any atom is 0.213 e. The third kappa shape index (κ3) is 3.48. The number of nitrogen functional groups attached to an aromatic ring is 1. The fourth-order valence-corrected chi connectivity index (χ4v) is 1.73. The fourth-order valence-electron chi connectivity index (χ4n) is 1.73. The van der Waals surface area contributed by atoms with Crippen LogP contribution in [0.1, 0.15) is 17.7 Å². The number of aromatic nitrogens is 1. The zero-order valence-corrected chi connectivity index (χ0v) is 10.6. The molecule has 0 atom stereocenters. The fraction of sp³-hybridized carbons (Fsp3) is 0.267. The van der Waals surface area contributed by atoms with Crippen molar-refractivity contribution in [3.63, 3.8) is 0 Å². The lowest BCUT2D eigenvalue weighted by atomic mass is 10.1. The molecule has 0 bridgehead atoms. The van der Waals surface area contributed by atoms with Crippen LogP contribution in [0.15, 0.2) is 42.5 Å². The minimum Gasteiger partial charge on any atom is -0.478 e. The molecule has 0 saturated carbocycles. The number of ether oxygens (including phenoxy) is 1. The predicted octanol–water partition coefficient (Wildman–Crippen LogP) is 2.98. The molecule has 1 aromatic heterocycles. The molecule has 0 radical (unpaired) electrons. The number of anilines is 1. The van der Waals surface area contributed by atoms with Crippen molar-refractivity contribution >= 4 is 5.69 Å². The second-order valence-corrected chi connectivity index (χ2v) is 4.26. The van der Waals surface area contributed by atoms with E-state index in [1.807, 2.05) is 25.1 Å². The summed E-state index contributed by atoms with van der Waals surface area (Å²) in [6.07, 6.45) is 2.00. The van der Waals surface area contributed by atoms with Crippen LogP contribution in [0.5, 0.6) is 5.88 Å². The first-order valence-corrected chi connectivity index (χ1v) is 6.15. The molecule has 1 heterocycles. The minimum atomic E-state index is 0.648. The Morgan fingerprint density at radius 1 is 1.11 bits per heavy atom. The molecule has 0 aliphatic heterocycles. The standard InChI is InChI=1S/C15H18N2O/c1-12-14(16)9-10-15(17-12)18-11-5-8-13-6-3-2-4-7-13/h2-4,6-7,9-10H,5,8,11,16H2,1H3. The van der Waals surface area contributed by atoms with Gasteiger partial charge in [-0.1, -0.05) is 30.3 Å². The monoisotopic (exact) mass is 242 g/mol. The Labute approximate surface area is 108 Å². The highest BCUT2D eigenvalue weighted by Crippen LogP contribution is 2.14. The van der Waals surface area contributed by atoms with Gasteiger partial charge in [0, 0.05) is 6.07 Å². The molecule has 2 N–H and O–H groups in total. The summed E-state index contributed by atoms with van der Waals surface area (Å²) in [7, 11) is 0. The molecule has 2 rings (SSSR count). The van der Waals surface area contributed by atoms with Crippen LogP contribution < -0.4 is 10.5 Å². The average Bonchev–Trinajstić information content (AvgIpc) is 2.40. The first-order valence-electron chi connectivity index (χ1n) is 6.15. The summed E-state index contributed by atoms with van der Waals surface area (Å²) in [6, 6.07) is 14.0. The van der Waals surface area contributed by atoms with Gasteiger partial charge in [-0.3, -0.25) is 0 Å². The van der Waals surface area contributed by atoms with Crippen LogP contribution in [0.2, 0.25) is 0 Å². The molecule has 0 aliphatic carbocycles. The molecule has 0 aliphatic rings. The van der Waals surface area contributed by atoms with Crippen LogP contribution in [0, 0.1) is 6.92 Å². The van der Waals surface area contributed by atoms with E-state index >= 15 is 0 Å². The SMILES string of the molecule is Cc1nc(OCCCc2ccccc2)ccc1N. The van der Waals surface area contributed by atoms with Gasteiger partial charge in [0.2, 0.25) is 5.88 Å². The van der Waals surface area contributed by atoms with E-state index in [9.17, 15) is 0 Å². The molecule has 0 unspecified atom stereocenters. The Hall–Kier alpha value is -2.03. The lowest BCUT2D eigenvalue weighted by molar-refractivity contribution is 0.299. The minimum absolute atomic E-state index is 0.648. The van der Waals surface area contributed by atoms with Crippen LogP contribution in [-0.4, -0.2) is 11.6 Å². The van der Waals surface area contributed by atoms with Gasteiger partial charge in [-0.15, -0.1) is 0 Å². The quantitative estimate of drug-likeness (QED) is 0.820. The highest BCUT2D eigenvalue weighted by atomic mass is 16.5. The largest absolute Gasteiger partial charge is 0.478 e. The molecular weight excluding hydrogens is 224 g/mol. The zero-order chi connectivity index (χ0) is 12.8. The van der Waals surface area contributed by atoms with Crippen LogP contribution in [0.25, 0.3) is 0 Å². The summed E-state index contributed by atoms with van der Waals surface area (Å²) in [5, 5.41) is 0. The Morgan fingerprint density at radius 3 is 2.61 bits per heavy atom. The van der Waals surface area contributed by atoms with Crippen molar-refractivity contribution in [2.24, 2.45) is 0 Å². The van der Waals surface area contributed by atoms with Crippen molar-refractivity contribution in [3.8, 4) is 5.88 Å². The maximum absolute atomic E-state index is 5.70. The Bertz CT molecular complexity index is 497. The van der Waals surface area contributed by atoms with Gasteiger partial charge >= 0.3 is 0 Å². The highest BCUT2D eigenvalue weighted by molar-refractivity contribution is 5.43. The molecule has 18 heavy (non-hydrogen) atoms. The number of hydrogen-bond donors (Lipinski definition) is 1. The van der Waals surface area contributed by atoms with Crippen molar-refractivity contribution in [2.45, 2.75) is 19.8 Å². The molecule has 3 nitrogen and oxygen atoms in total. The summed E-state index contributed by atoms with van der Waals surface area (Å²) >= 11 is 0. The van der Waals surface area contributed by atoms with Crippen molar-refractivity contribution in [3.05, 3.63) is 53.7 Å². The average molecular weight is 242 g/mol. The predicted molar refractivity (Wildman–Crippen MR) is 73.6 cm³/mol. The van der Waals surface area contributed by atoms with E-state index in [2.05, 4.69) is 29.2 Å². The van der Waals surface area contributed by atoms with Gasteiger partial charge in [0.05, 0.1) is 18.0 Å². The molecule has 0 spiro atoms. The van der Waals surface area contributed by atoms with E-state index in [0.717, 1.165) is 18.5 Å². The first-order chi connectivity index (χ1) is 8.75. The molecule has 0 amide bonds. The van der Waals surface area contributed by atoms with Crippen LogP contribution >= 0.6 is 0 Å². The van der Waals surface area contributed by atoms with Crippen molar-refractivity contribution in [1.82, 2.24) is 4.98 Å². The normalized spacial score (nSPS) is 10.3. The number of benzene rings is 1. The molecule has 2 aromatic rings. The van der Waals surface area contributed by atoms with Crippen molar-refractivity contribution in [1.29, 1.82) is 0 Å². The Morgan fingerprint density at radius 2 is 1.89 bits per heavy atom. The Balaban J connectivity index is 1.77. The van der Waals surface area contributed by atoms with E-state index < -0.39 is 0 Å². The van der Waals surface area contributed by atoms with Gasteiger partial charge in [0.15, 0.2) is 0 Å². The van der Waals surface area contributed by atoms with E-state index in [4.69, 9.17) is 10.5 Å². The van der Waals surface area contributed by atoms with E-state index in [0.29, 0.717) is 18.2 Å². The second kappa shape index (κ2) is 6.05. The number of pyridine rings is 1. The van der Waals surface area contributed by atoms with E-state index in [-0.39, 0.29) is 0 Å². The van der Waals surface area contributed by atoms with Gasteiger partial charge < -0.3 is 10.5 Å². The summed E-state index contributed by atoms with van der Waals surface area (Å²) in [4.78, 5) is 4.27. The zero-order valence-electron chi connectivity index (χ0n) is 10.6. The number of aryl methyl sites for hydroxylation is 2. The van der Waals surface area contributed by atoms with Crippen LogP contribution in [0.4, 0.5) is 5.69 Å². The van der Waals surface area contributed by atoms with Gasteiger partial charge in [-0.2, -0.15) is 0 Å². The topological polar surface area (TPSA) is 48.1 Å². The summed E-state index contributed by atoms with van der Waals surface area (Å²) in [5.41, 5.74) is 8.55. The van der Waals surface area contributed by atoms with Crippen LogP contribution in [-0.2, 0) is 6.42 Å². The second-order valence-electron chi connectivity index (χ2n) is 4.26. The molecule has 0 fully saturated rings. The number of rotatable bonds is 5. The van der Waals surface area contributed by atoms with Gasteiger partial charge in [-0.05, 0) is 31.4 Å². The highest BCUT2D eigenvalue weighted by Gasteiger charge is 1.99.